The lowest BCUT2D eigenvalue weighted by atomic mass is 9.71. The van der Waals surface area contributed by atoms with Crippen molar-refractivity contribution in [1.29, 1.82) is 0 Å². The predicted octanol–water partition coefficient (Wildman–Crippen LogP) is 3.14. The van der Waals surface area contributed by atoms with Gasteiger partial charge in [-0.15, -0.1) is 0 Å². The fourth-order valence-electron chi connectivity index (χ4n) is 2.57. The summed E-state index contributed by atoms with van der Waals surface area (Å²) in [6.07, 6.45) is 0.625. The molecule has 1 aromatic rings. The highest BCUT2D eigenvalue weighted by atomic mass is 79.9. The Morgan fingerprint density at radius 2 is 2.22 bits per heavy atom. The first kappa shape index (κ1) is 13.6. The molecule has 3 nitrogen and oxygen atoms in total. The molecular formula is C14H17BrO3. The first-order chi connectivity index (χ1) is 8.44. The van der Waals surface area contributed by atoms with Gasteiger partial charge in [-0.3, -0.25) is 4.79 Å². The van der Waals surface area contributed by atoms with Gasteiger partial charge in [0, 0.05) is 9.89 Å². The number of carboxylic acids is 1. The number of halogens is 1. The number of hydrogen-bond acceptors (Lipinski definition) is 2. The second-order valence-corrected chi connectivity index (χ2v) is 6.09. The smallest absolute Gasteiger partial charge is 0.306 e. The van der Waals surface area contributed by atoms with Crippen molar-refractivity contribution >= 4 is 21.9 Å². The van der Waals surface area contributed by atoms with E-state index >= 15 is 0 Å². The average Bonchev–Trinajstić information content (AvgIpc) is 2.26. The van der Waals surface area contributed by atoms with Crippen molar-refractivity contribution in [3.63, 3.8) is 0 Å². The minimum absolute atomic E-state index is 0.133. The summed E-state index contributed by atoms with van der Waals surface area (Å²) in [5.41, 5.74) is 2.27. The van der Waals surface area contributed by atoms with Gasteiger partial charge in [-0.25, -0.2) is 0 Å². The van der Waals surface area contributed by atoms with E-state index in [1.165, 1.54) is 11.1 Å². The van der Waals surface area contributed by atoms with Gasteiger partial charge < -0.3 is 9.84 Å². The van der Waals surface area contributed by atoms with Crippen molar-refractivity contribution < 1.29 is 14.6 Å². The minimum atomic E-state index is -0.742. The van der Waals surface area contributed by atoms with Crippen molar-refractivity contribution in [3.05, 3.63) is 33.8 Å². The van der Waals surface area contributed by atoms with Crippen molar-refractivity contribution in [2.24, 2.45) is 5.92 Å². The Labute approximate surface area is 115 Å². The molecule has 1 fully saturated rings. The van der Waals surface area contributed by atoms with E-state index in [1.54, 1.807) is 6.92 Å². The van der Waals surface area contributed by atoms with Crippen molar-refractivity contribution in [2.75, 3.05) is 13.2 Å². The highest BCUT2D eigenvalue weighted by Crippen LogP contribution is 2.40. The molecule has 1 aliphatic rings. The van der Waals surface area contributed by atoms with E-state index in [1.807, 2.05) is 6.07 Å². The van der Waals surface area contributed by atoms with Crippen LogP contribution in [0, 0.1) is 12.8 Å². The molecule has 1 saturated heterocycles. The van der Waals surface area contributed by atoms with Gasteiger partial charge in [0.05, 0.1) is 19.1 Å². The van der Waals surface area contributed by atoms with Crippen LogP contribution in [0.3, 0.4) is 0 Å². The molecule has 4 heteroatoms. The van der Waals surface area contributed by atoms with Gasteiger partial charge in [0.25, 0.3) is 0 Å². The number of carbonyl (C=O) groups is 1. The summed E-state index contributed by atoms with van der Waals surface area (Å²) in [5.74, 6) is -1.10. The number of hydrogen-bond donors (Lipinski definition) is 1. The Morgan fingerprint density at radius 3 is 2.72 bits per heavy atom. The van der Waals surface area contributed by atoms with Crippen LogP contribution in [0.15, 0.2) is 22.7 Å². The van der Waals surface area contributed by atoms with Crippen LogP contribution in [-0.2, 0) is 14.9 Å². The van der Waals surface area contributed by atoms with E-state index in [9.17, 15) is 4.79 Å². The first-order valence-electron chi connectivity index (χ1n) is 6.02. The number of aryl methyl sites for hydroxylation is 1. The number of rotatable bonds is 4. The van der Waals surface area contributed by atoms with Gasteiger partial charge in [-0.2, -0.15) is 0 Å². The minimum Gasteiger partial charge on any atom is -0.481 e. The third kappa shape index (κ3) is 2.45. The maximum absolute atomic E-state index is 11.1. The second kappa shape index (κ2) is 5.02. The van der Waals surface area contributed by atoms with E-state index in [4.69, 9.17) is 9.84 Å². The quantitative estimate of drug-likeness (QED) is 0.929. The van der Waals surface area contributed by atoms with Crippen LogP contribution >= 0.6 is 15.9 Å². The third-order valence-electron chi connectivity index (χ3n) is 3.65. The maximum Gasteiger partial charge on any atom is 0.306 e. The largest absolute Gasteiger partial charge is 0.481 e. The van der Waals surface area contributed by atoms with Crippen LogP contribution in [0.4, 0.5) is 0 Å². The molecule has 1 atom stereocenters. The molecule has 0 spiro atoms. The molecule has 1 N–H and O–H groups in total. The number of carboxylic acid groups (broad SMARTS) is 1. The zero-order valence-electron chi connectivity index (χ0n) is 10.6. The van der Waals surface area contributed by atoms with Gasteiger partial charge in [0.2, 0.25) is 0 Å². The van der Waals surface area contributed by atoms with E-state index in [0.717, 1.165) is 4.47 Å². The lowest BCUT2D eigenvalue weighted by Gasteiger charge is -2.44. The molecule has 1 heterocycles. The standard InChI is InChI=1S/C14H17BrO3/c1-9-3-4-11(15)5-12(9)14(7-18-8-14)6-10(2)13(16)17/h3-5,10H,6-8H2,1-2H3,(H,16,17). The summed E-state index contributed by atoms with van der Waals surface area (Å²) >= 11 is 3.48. The molecular weight excluding hydrogens is 296 g/mol. The van der Waals surface area contributed by atoms with Crippen LogP contribution in [0.1, 0.15) is 24.5 Å². The van der Waals surface area contributed by atoms with E-state index in [-0.39, 0.29) is 11.3 Å². The zero-order valence-corrected chi connectivity index (χ0v) is 12.2. The Bertz CT molecular complexity index is 466. The summed E-state index contributed by atoms with van der Waals surface area (Å²) in [6, 6.07) is 6.16. The lowest BCUT2D eigenvalue weighted by Crippen LogP contribution is -2.49. The summed E-state index contributed by atoms with van der Waals surface area (Å²) in [4.78, 5) is 11.1. The monoisotopic (exact) mass is 312 g/mol. The number of benzene rings is 1. The summed E-state index contributed by atoms with van der Waals surface area (Å²) < 4.78 is 6.39. The molecule has 0 aliphatic carbocycles. The fraction of sp³-hybridized carbons (Fsp3) is 0.500. The van der Waals surface area contributed by atoms with E-state index in [2.05, 4.69) is 35.0 Å². The normalized spacial score (nSPS) is 19.1. The molecule has 18 heavy (non-hydrogen) atoms. The molecule has 0 bridgehead atoms. The Morgan fingerprint density at radius 1 is 1.56 bits per heavy atom. The topological polar surface area (TPSA) is 46.5 Å². The van der Waals surface area contributed by atoms with Gasteiger partial charge in [-0.05, 0) is 36.6 Å². The molecule has 1 aromatic carbocycles. The lowest BCUT2D eigenvalue weighted by molar-refractivity contribution is -0.144. The van der Waals surface area contributed by atoms with Crippen molar-refractivity contribution in [3.8, 4) is 0 Å². The molecule has 0 amide bonds. The zero-order chi connectivity index (χ0) is 13.3. The summed E-state index contributed by atoms with van der Waals surface area (Å²) in [5, 5.41) is 9.09. The molecule has 2 rings (SSSR count). The Kier molecular flexibility index (Phi) is 3.78. The molecule has 0 radical (unpaired) electrons. The Hall–Kier alpha value is -0.870. The predicted molar refractivity (Wildman–Crippen MR) is 72.8 cm³/mol. The Balaban J connectivity index is 2.32. The SMILES string of the molecule is Cc1ccc(Br)cc1C1(CC(C)C(=O)O)COC1. The van der Waals surface area contributed by atoms with Crippen molar-refractivity contribution in [1.82, 2.24) is 0 Å². The number of ether oxygens (including phenoxy) is 1. The fourth-order valence-corrected chi connectivity index (χ4v) is 2.93. The number of aliphatic carboxylic acids is 1. The molecule has 1 aliphatic heterocycles. The highest BCUT2D eigenvalue weighted by molar-refractivity contribution is 9.10. The van der Waals surface area contributed by atoms with Gasteiger partial charge in [-0.1, -0.05) is 28.9 Å². The molecule has 0 saturated carbocycles. The second-order valence-electron chi connectivity index (χ2n) is 5.18. The third-order valence-corrected chi connectivity index (χ3v) is 4.14. The average molecular weight is 313 g/mol. The van der Waals surface area contributed by atoms with Crippen LogP contribution in [0.25, 0.3) is 0 Å². The highest BCUT2D eigenvalue weighted by Gasteiger charge is 2.43. The van der Waals surface area contributed by atoms with Crippen LogP contribution in [-0.4, -0.2) is 24.3 Å². The summed E-state index contributed by atoms with van der Waals surface area (Å²) in [6.45, 7) is 5.05. The van der Waals surface area contributed by atoms with Crippen LogP contribution in [0.5, 0.6) is 0 Å². The molecule has 0 aromatic heterocycles. The van der Waals surface area contributed by atoms with Crippen molar-refractivity contribution in [2.45, 2.75) is 25.7 Å². The van der Waals surface area contributed by atoms with Gasteiger partial charge in [0.15, 0.2) is 0 Å². The molecule has 1 unspecified atom stereocenters. The van der Waals surface area contributed by atoms with Crippen LogP contribution in [0.2, 0.25) is 0 Å². The molecule has 98 valence electrons. The van der Waals surface area contributed by atoms with Crippen LogP contribution < -0.4 is 0 Å². The van der Waals surface area contributed by atoms with E-state index in [0.29, 0.717) is 19.6 Å². The van der Waals surface area contributed by atoms with Gasteiger partial charge >= 0.3 is 5.97 Å². The van der Waals surface area contributed by atoms with E-state index < -0.39 is 5.97 Å². The first-order valence-corrected chi connectivity index (χ1v) is 6.81. The van der Waals surface area contributed by atoms with Gasteiger partial charge in [0.1, 0.15) is 0 Å². The maximum atomic E-state index is 11.1. The summed E-state index contributed by atoms with van der Waals surface area (Å²) in [7, 11) is 0.